The number of carbonyl (C=O) groups excluding carboxylic acids is 1. The fourth-order valence-electron chi connectivity index (χ4n) is 2.23. The first kappa shape index (κ1) is 14.5. The molecule has 2 heterocycles. The summed E-state index contributed by atoms with van der Waals surface area (Å²) in [5.74, 6) is -0.0646. The van der Waals surface area contributed by atoms with Gasteiger partial charge in [-0.2, -0.15) is 0 Å². The lowest BCUT2D eigenvalue weighted by Crippen LogP contribution is -2.22. The Bertz CT molecular complexity index is 781. The van der Waals surface area contributed by atoms with Crippen molar-refractivity contribution < 1.29 is 4.79 Å². The molecule has 0 saturated carbocycles. The highest BCUT2D eigenvalue weighted by Gasteiger charge is 2.06. The van der Waals surface area contributed by atoms with Gasteiger partial charge < -0.3 is 5.32 Å². The van der Waals surface area contributed by atoms with Crippen LogP contribution in [0.5, 0.6) is 0 Å². The van der Waals surface area contributed by atoms with Gasteiger partial charge in [0.1, 0.15) is 0 Å². The van der Waals surface area contributed by atoms with Crippen molar-refractivity contribution in [1.29, 1.82) is 0 Å². The maximum atomic E-state index is 12.2. The first-order valence-corrected chi connectivity index (χ1v) is 7.93. The molecule has 1 N–H and O–H groups in total. The topological polar surface area (TPSA) is 42.0 Å². The molecular weight excluding hydrogens is 292 g/mol. The number of nitrogens with zero attached hydrogens (tertiary/aromatic N) is 1. The van der Waals surface area contributed by atoms with E-state index in [1.54, 1.807) is 17.5 Å². The van der Waals surface area contributed by atoms with Gasteiger partial charge in [-0.15, -0.1) is 11.3 Å². The van der Waals surface area contributed by atoms with Crippen LogP contribution < -0.4 is 5.32 Å². The number of amides is 1. The van der Waals surface area contributed by atoms with Crippen LogP contribution in [0.3, 0.4) is 0 Å². The maximum absolute atomic E-state index is 12.2. The van der Waals surface area contributed by atoms with E-state index in [1.807, 2.05) is 48.8 Å². The van der Waals surface area contributed by atoms with Gasteiger partial charge in [-0.3, -0.25) is 9.78 Å². The lowest BCUT2D eigenvalue weighted by molar-refractivity contribution is 0.0951. The van der Waals surface area contributed by atoms with Gasteiger partial charge in [-0.05, 0) is 42.1 Å². The molecule has 3 rings (SSSR count). The van der Waals surface area contributed by atoms with Gasteiger partial charge in [0.15, 0.2) is 0 Å². The van der Waals surface area contributed by atoms with Crippen LogP contribution in [-0.4, -0.2) is 10.9 Å². The normalized spacial score (nSPS) is 10.4. The Morgan fingerprint density at radius 2 is 2.09 bits per heavy atom. The number of hydrogen-bond donors (Lipinski definition) is 1. The second-order valence-electron chi connectivity index (χ2n) is 5.11. The number of thiophene rings is 1. The smallest absolute Gasteiger partial charge is 0.251 e. The SMILES string of the molecule is Cc1cccc(C(=O)NCc2cncc(-c3cccs3)c2)c1. The standard InChI is InChI=1S/C18H16N2OS/c1-13-4-2-5-15(8-13)18(21)20-11-14-9-16(12-19-10-14)17-6-3-7-22-17/h2-10,12H,11H2,1H3,(H,20,21). The fourth-order valence-corrected chi connectivity index (χ4v) is 2.94. The van der Waals surface area contributed by atoms with Crippen LogP contribution in [0.1, 0.15) is 21.5 Å². The Labute approximate surface area is 133 Å². The fraction of sp³-hybridized carbons (Fsp3) is 0.111. The first-order chi connectivity index (χ1) is 10.7. The Balaban J connectivity index is 1.69. The predicted molar refractivity (Wildman–Crippen MR) is 89.9 cm³/mol. The zero-order valence-electron chi connectivity index (χ0n) is 12.2. The van der Waals surface area contributed by atoms with E-state index in [4.69, 9.17) is 0 Å². The van der Waals surface area contributed by atoms with Gasteiger partial charge in [0.05, 0.1) is 0 Å². The number of hydrogen-bond acceptors (Lipinski definition) is 3. The van der Waals surface area contributed by atoms with E-state index in [-0.39, 0.29) is 5.91 Å². The van der Waals surface area contributed by atoms with Crippen LogP contribution >= 0.6 is 11.3 Å². The first-order valence-electron chi connectivity index (χ1n) is 7.05. The summed E-state index contributed by atoms with van der Waals surface area (Å²) in [5, 5.41) is 4.98. The van der Waals surface area contributed by atoms with Crippen molar-refractivity contribution >= 4 is 17.2 Å². The van der Waals surface area contributed by atoms with Crippen LogP contribution in [-0.2, 0) is 6.54 Å². The van der Waals surface area contributed by atoms with E-state index in [0.29, 0.717) is 12.1 Å². The minimum atomic E-state index is -0.0646. The van der Waals surface area contributed by atoms with Gasteiger partial charge >= 0.3 is 0 Å². The van der Waals surface area contributed by atoms with Gasteiger partial charge in [-0.25, -0.2) is 0 Å². The van der Waals surface area contributed by atoms with Crippen molar-refractivity contribution in [3.05, 3.63) is 76.9 Å². The van der Waals surface area contributed by atoms with Crippen LogP contribution in [0.2, 0.25) is 0 Å². The second-order valence-corrected chi connectivity index (χ2v) is 6.06. The minimum absolute atomic E-state index is 0.0646. The maximum Gasteiger partial charge on any atom is 0.251 e. The molecule has 3 nitrogen and oxygen atoms in total. The number of benzene rings is 1. The monoisotopic (exact) mass is 308 g/mol. The third-order valence-corrected chi connectivity index (χ3v) is 4.25. The van der Waals surface area contributed by atoms with Crippen LogP contribution in [0, 0.1) is 6.92 Å². The molecule has 0 saturated heterocycles. The van der Waals surface area contributed by atoms with Crippen LogP contribution in [0.25, 0.3) is 10.4 Å². The number of aromatic nitrogens is 1. The van der Waals surface area contributed by atoms with Crippen LogP contribution in [0.4, 0.5) is 0 Å². The quantitative estimate of drug-likeness (QED) is 0.790. The molecule has 0 aliphatic carbocycles. The van der Waals surface area contributed by atoms with Crippen molar-refractivity contribution in [3.8, 4) is 10.4 Å². The molecule has 1 amide bonds. The molecule has 0 bridgehead atoms. The Hall–Kier alpha value is -2.46. The number of aryl methyl sites for hydroxylation is 1. The van der Waals surface area contributed by atoms with Crippen molar-refractivity contribution in [3.63, 3.8) is 0 Å². The summed E-state index contributed by atoms with van der Waals surface area (Å²) in [7, 11) is 0. The minimum Gasteiger partial charge on any atom is -0.348 e. The highest BCUT2D eigenvalue weighted by molar-refractivity contribution is 7.13. The molecule has 0 atom stereocenters. The average Bonchev–Trinajstić information content (AvgIpc) is 3.07. The summed E-state index contributed by atoms with van der Waals surface area (Å²) >= 11 is 1.68. The number of rotatable bonds is 4. The summed E-state index contributed by atoms with van der Waals surface area (Å²) in [4.78, 5) is 17.6. The molecule has 0 aliphatic heterocycles. The third-order valence-electron chi connectivity index (χ3n) is 3.33. The molecule has 0 unspecified atom stereocenters. The molecule has 0 radical (unpaired) electrons. The van der Waals surface area contributed by atoms with Crippen molar-refractivity contribution in [1.82, 2.24) is 10.3 Å². The lowest BCUT2D eigenvalue weighted by atomic mass is 10.1. The molecule has 4 heteroatoms. The molecule has 1 aromatic carbocycles. The van der Waals surface area contributed by atoms with E-state index in [9.17, 15) is 4.79 Å². The van der Waals surface area contributed by atoms with Crippen molar-refractivity contribution in [2.45, 2.75) is 13.5 Å². The average molecular weight is 308 g/mol. The van der Waals surface area contributed by atoms with Crippen LogP contribution in [0.15, 0.2) is 60.2 Å². The molecular formula is C18H16N2OS. The number of nitrogens with one attached hydrogen (secondary N) is 1. The summed E-state index contributed by atoms with van der Waals surface area (Å²) < 4.78 is 0. The highest BCUT2D eigenvalue weighted by atomic mass is 32.1. The van der Waals surface area contributed by atoms with E-state index in [1.165, 1.54) is 4.88 Å². The molecule has 110 valence electrons. The number of pyridine rings is 1. The predicted octanol–water partition coefficient (Wildman–Crippen LogP) is 4.05. The van der Waals surface area contributed by atoms with Gasteiger partial charge in [0.25, 0.3) is 5.91 Å². The Morgan fingerprint density at radius 1 is 1.18 bits per heavy atom. The van der Waals surface area contributed by atoms with Gasteiger partial charge in [0, 0.05) is 34.9 Å². The van der Waals surface area contributed by atoms with Gasteiger partial charge in [-0.1, -0.05) is 23.8 Å². The third kappa shape index (κ3) is 3.40. The highest BCUT2D eigenvalue weighted by Crippen LogP contribution is 2.24. The molecule has 0 fully saturated rings. The lowest BCUT2D eigenvalue weighted by Gasteiger charge is -2.07. The number of carbonyl (C=O) groups is 1. The molecule has 2 aromatic heterocycles. The molecule has 22 heavy (non-hydrogen) atoms. The summed E-state index contributed by atoms with van der Waals surface area (Å²) in [6.45, 7) is 2.45. The summed E-state index contributed by atoms with van der Waals surface area (Å²) in [6, 6.07) is 13.7. The molecule has 0 spiro atoms. The van der Waals surface area contributed by atoms with Gasteiger partial charge in [0.2, 0.25) is 0 Å². The summed E-state index contributed by atoms with van der Waals surface area (Å²) in [6.07, 6.45) is 3.63. The second kappa shape index (κ2) is 6.54. The van der Waals surface area contributed by atoms with E-state index < -0.39 is 0 Å². The Morgan fingerprint density at radius 3 is 2.86 bits per heavy atom. The molecule has 3 aromatic rings. The zero-order valence-corrected chi connectivity index (χ0v) is 13.1. The van der Waals surface area contributed by atoms with E-state index >= 15 is 0 Å². The molecule has 0 aliphatic rings. The van der Waals surface area contributed by atoms with E-state index in [2.05, 4.69) is 22.4 Å². The Kier molecular flexibility index (Phi) is 4.30. The largest absolute Gasteiger partial charge is 0.348 e. The zero-order chi connectivity index (χ0) is 15.4. The van der Waals surface area contributed by atoms with Crippen molar-refractivity contribution in [2.75, 3.05) is 0 Å². The summed E-state index contributed by atoms with van der Waals surface area (Å²) in [5.41, 5.74) is 3.83. The van der Waals surface area contributed by atoms with E-state index in [0.717, 1.165) is 16.7 Å². The van der Waals surface area contributed by atoms with Crippen molar-refractivity contribution in [2.24, 2.45) is 0 Å².